The Morgan fingerprint density at radius 2 is 2.28 bits per heavy atom. The smallest absolute Gasteiger partial charge is 0.340 e. The van der Waals surface area contributed by atoms with E-state index < -0.39 is 5.97 Å². The Labute approximate surface area is 151 Å². The predicted octanol–water partition coefficient (Wildman–Crippen LogP) is 3.19. The number of ether oxygens (including phenoxy) is 2. The number of nitrogens with zero attached hydrogens (tertiary/aromatic N) is 1. The van der Waals surface area contributed by atoms with Crippen LogP contribution in [-0.2, 0) is 19.1 Å². The number of amides is 1. The van der Waals surface area contributed by atoms with E-state index in [1.807, 2.05) is 6.07 Å². The van der Waals surface area contributed by atoms with E-state index >= 15 is 0 Å². The molecule has 0 bridgehead atoms. The molecule has 1 atom stereocenters. The van der Waals surface area contributed by atoms with Crippen molar-refractivity contribution in [2.75, 3.05) is 20.3 Å². The van der Waals surface area contributed by atoms with Crippen LogP contribution in [0, 0.1) is 0 Å². The number of hydrogen-bond donors (Lipinski definition) is 0. The molecule has 2 aliphatic rings. The molecule has 0 radical (unpaired) electrons. The highest BCUT2D eigenvalue weighted by Gasteiger charge is 2.38. The Morgan fingerprint density at radius 1 is 1.48 bits per heavy atom. The summed E-state index contributed by atoms with van der Waals surface area (Å²) in [6.45, 7) is 2.92. The van der Waals surface area contributed by atoms with Gasteiger partial charge in [0.2, 0.25) is 0 Å². The molecule has 0 unspecified atom stereocenters. The number of allylic oxidation sites excluding steroid dienone is 1. The van der Waals surface area contributed by atoms with Crippen molar-refractivity contribution in [1.82, 2.24) is 4.90 Å². The number of benzene rings is 1. The molecule has 1 amide bonds. The summed E-state index contributed by atoms with van der Waals surface area (Å²) in [7, 11) is 1.31. The number of esters is 1. The maximum atomic E-state index is 12.9. The zero-order valence-electron chi connectivity index (χ0n) is 14.3. The lowest BCUT2D eigenvalue weighted by molar-refractivity contribution is -0.136. The van der Waals surface area contributed by atoms with E-state index in [1.54, 1.807) is 36.1 Å². The molecule has 0 spiro atoms. The second kappa shape index (κ2) is 7.42. The first-order chi connectivity index (χ1) is 12.0. The van der Waals surface area contributed by atoms with Gasteiger partial charge in [-0.15, -0.1) is 0 Å². The second-order valence-electron chi connectivity index (χ2n) is 6.12. The monoisotopic (exact) mass is 361 g/mol. The van der Waals surface area contributed by atoms with Gasteiger partial charge in [0, 0.05) is 17.3 Å². The van der Waals surface area contributed by atoms with Crippen LogP contribution in [0.3, 0.4) is 0 Å². The van der Waals surface area contributed by atoms with Crippen LogP contribution in [0.15, 0.2) is 41.1 Å². The molecule has 25 heavy (non-hydrogen) atoms. The third-order valence-electron chi connectivity index (χ3n) is 4.47. The number of hydrogen-bond acceptors (Lipinski definition) is 4. The lowest BCUT2D eigenvalue weighted by Crippen LogP contribution is -2.33. The SMILES string of the molecule is COC(=O)C1=C(C)N(C[C@H]2CCCO2)C(=O)/C1=C\c1cccc(Cl)c1. The van der Waals surface area contributed by atoms with E-state index in [4.69, 9.17) is 21.1 Å². The van der Waals surface area contributed by atoms with E-state index in [0.29, 0.717) is 35.0 Å². The molecule has 0 saturated carbocycles. The molecule has 6 heteroatoms. The van der Waals surface area contributed by atoms with Crippen molar-refractivity contribution in [2.45, 2.75) is 25.9 Å². The molecule has 1 aromatic rings. The molecule has 0 N–H and O–H groups in total. The van der Waals surface area contributed by atoms with Gasteiger partial charge < -0.3 is 14.4 Å². The molecule has 3 rings (SSSR count). The quantitative estimate of drug-likeness (QED) is 0.610. The Balaban J connectivity index is 1.98. The minimum atomic E-state index is -0.519. The van der Waals surface area contributed by atoms with Crippen LogP contribution in [0.4, 0.5) is 0 Å². The van der Waals surface area contributed by atoms with Gasteiger partial charge in [0.25, 0.3) is 5.91 Å². The summed E-state index contributed by atoms with van der Waals surface area (Å²) in [6.07, 6.45) is 3.59. The highest BCUT2D eigenvalue weighted by atomic mass is 35.5. The third kappa shape index (κ3) is 3.62. The number of halogens is 1. The van der Waals surface area contributed by atoms with Crippen LogP contribution >= 0.6 is 11.6 Å². The first-order valence-electron chi connectivity index (χ1n) is 8.21. The normalized spacial score (nSPS) is 22.2. The number of carbonyl (C=O) groups excluding carboxylic acids is 2. The summed E-state index contributed by atoms with van der Waals surface area (Å²) < 4.78 is 10.5. The molecule has 2 heterocycles. The van der Waals surface area contributed by atoms with Crippen LogP contribution in [0.5, 0.6) is 0 Å². The van der Waals surface area contributed by atoms with Crippen molar-refractivity contribution in [1.29, 1.82) is 0 Å². The van der Waals surface area contributed by atoms with Gasteiger partial charge in [-0.2, -0.15) is 0 Å². The van der Waals surface area contributed by atoms with Crippen molar-refractivity contribution < 1.29 is 19.1 Å². The van der Waals surface area contributed by atoms with Gasteiger partial charge in [-0.05, 0) is 43.5 Å². The van der Waals surface area contributed by atoms with Crippen LogP contribution in [0.1, 0.15) is 25.3 Å². The van der Waals surface area contributed by atoms with E-state index in [0.717, 1.165) is 18.4 Å². The van der Waals surface area contributed by atoms with Gasteiger partial charge in [0.15, 0.2) is 0 Å². The van der Waals surface area contributed by atoms with Crippen LogP contribution in [-0.4, -0.2) is 43.1 Å². The number of methoxy groups -OCH3 is 1. The highest BCUT2D eigenvalue weighted by molar-refractivity contribution is 6.30. The van der Waals surface area contributed by atoms with Crippen LogP contribution < -0.4 is 0 Å². The average molecular weight is 362 g/mol. The van der Waals surface area contributed by atoms with E-state index in [1.165, 1.54) is 7.11 Å². The summed E-state index contributed by atoms with van der Waals surface area (Å²) in [5.74, 6) is -0.734. The highest BCUT2D eigenvalue weighted by Crippen LogP contribution is 2.33. The summed E-state index contributed by atoms with van der Waals surface area (Å²) in [4.78, 5) is 26.8. The standard InChI is InChI=1S/C19H20ClNO4/c1-12-17(19(23)24-2)16(10-13-5-3-6-14(20)9-13)18(22)21(12)11-15-7-4-8-25-15/h3,5-6,9-10,15H,4,7-8,11H2,1-2H3/b16-10-/t15-/m1/s1. The van der Waals surface area contributed by atoms with E-state index in [-0.39, 0.29) is 12.0 Å². The molecular formula is C19H20ClNO4. The Morgan fingerprint density at radius 3 is 2.92 bits per heavy atom. The number of rotatable bonds is 4. The molecule has 5 nitrogen and oxygen atoms in total. The first kappa shape index (κ1) is 17.7. The summed E-state index contributed by atoms with van der Waals surface area (Å²) in [6, 6.07) is 7.13. The second-order valence-corrected chi connectivity index (χ2v) is 6.55. The molecule has 1 aromatic carbocycles. The lowest BCUT2D eigenvalue weighted by Gasteiger charge is -2.21. The molecule has 1 saturated heterocycles. The Bertz CT molecular complexity index is 762. The predicted molar refractivity (Wildman–Crippen MR) is 94.8 cm³/mol. The van der Waals surface area contributed by atoms with E-state index in [2.05, 4.69) is 0 Å². The lowest BCUT2D eigenvalue weighted by atomic mass is 10.0. The zero-order chi connectivity index (χ0) is 18.0. The zero-order valence-corrected chi connectivity index (χ0v) is 15.0. The molecule has 0 aliphatic carbocycles. The van der Waals surface area contributed by atoms with E-state index in [9.17, 15) is 9.59 Å². The minimum absolute atomic E-state index is 0.00307. The Kier molecular flexibility index (Phi) is 5.25. The molecule has 0 aromatic heterocycles. The first-order valence-corrected chi connectivity index (χ1v) is 8.59. The maximum Gasteiger partial charge on any atom is 0.340 e. The van der Waals surface area contributed by atoms with Gasteiger partial charge in [-0.25, -0.2) is 4.79 Å². The fraction of sp³-hybridized carbons (Fsp3) is 0.368. The Hall–Kier alpha value is -2.11. The van der Waals surface area contributed by atoms with Gasteiger partial charge in [0.05, 0.1) is 30.9 Å². The van der Waals surface area contributed by atoms with Crippen LogP contribution in [0.25, 0.3) is 6.08 Å². The maximum absolute atomic E-state index is 12.9. The fourth-order valence-electron chi connectivity index (χ4n) is 3.20. The number of carbonyl (C=O) groups is 2. The van der Waals surface area contributed by atoms with Crippen LogP contribution in [0.2, 0.25) is 5.02 Å². The van der Waals surface area contributed by atoms with Gasteiger partial charge in [-0.1, -0.05) is 23.7 Å². The molecule has 132 valence electrons. The fourth-order valence-corrected chi connectivity index (χ4v) is 3.40. The van der Waals surface area contributed by atoms with Crippen molar-refractivity contribution in [2.24, 2.45) is 0 Å². The summed E-state index contributed by atoms with van der Waals surface area (Å²) >= 11 is 6.02. The largest absolute Gasteiger partial charge is 0.465 e. The minimum Gasteiger partial charge on any atom is -0.465 e. The van der Waals surface area contributed by atoms with Gasteiger partial charge in [0.1, 0.15) is 0 Å². The average Bonchev–Trinajstić information content (AvgIpc) is 3.18. The summed E-state index contributed by atoms with van der Waals surface area (Å²) in [5, 5.41) is 0.566. The van der Waals surface area contributed by atoms with Crippen molar-refractivity contribution in [3.05, 3.63) is 51.7 Å². The van der Waals surface area contributed by atoms with Gasteiger partial charge >= 0.3 is 5.97 Å². The molecular weight excluding hydrogens is 342 g/mol. The molecule has 2 aliphatic heterocycles. The third-order valence-corrected chi connectivity index (χ3v) is 4.71. The van der Waals surface area contributed by atoms with Gasteiger partial charge in [-0.3, -0.25) is 4.79 Å². The summed E-state index contributed by atoms with van der Waals surface area (Å²) in [5.41, 5.74) is 1.97. The van der Waals surface area contributed by atoms with Crippen molar-refractivity contribution >= 4 is 29.6 Å². The molecule has 1 fully saturated rings. The topological polar surface area (TPSA) is 55.8 Å². The van der Waals surface area contributed by atoms with Crippen molar-refractivity contribution in [3.63, 3.8) is 0 Å². The van der Waals surface area contributed by atoms with Crippen molar-refractivity contribution in [3.8, 4) is 0 Å².